The van der Waals surface area contributed by atoms with Crippen molar-refractivity contribution in [2.45, 2.75) is 0 Å². The molecule has 4 nitrogen and oxygen atoms in total. The van der Waals surface area contributed by atoms with Crippen LogP contribution in [0.4, 0.5) is 5.00 Å². The van der Waals surface area contributed by atoms with Gasteiger partial charge in [-0.15, -0.1) is 0 Å². The zero-order valence-corrected chi connectivity index (χ0v) is 17.2. The van der Waals surface area contributed by atoms with Crippen molar-refractivity contribution in [2.75, 3.05) is 0 Å². The van der Waals surface area contributed by atoms with E-state index in [1.165, 1.54) is 11.3 Å². The number of hydrogen-bond donors (Lipinski definition) is 0. The number of rotatable bonds is 3. The maximum Gasteiger partial charge on any atom is 0.333 e. The number of benzene rings is 4. The second-order valence-electron chi connectivity index (χ2n) is 7.46. The van der Waals surface area contributed by atoms with Crippen molar-refractivity contribution in [1.82, 2.24) is 4.57 Å². The second kappa shape index (κ2) is 6.79. The number of aromatic nitrogens is 1. The first-order chi connectivity index (χ1) is 15.2. The molecule has 0 saturated heterocycles. The van der Waals surface area contributed by atoms with Gasteiger partial charge in [0.1, 0.15) is 0 Å². The SMILES string of the molecule is O=[N+]([O-])c1sc2ccccc2c1-c1ccc2c3ccccc3n(-c3ccccc3)c2c1. The van der Waals surface area contributed by atoms with Crippen molar-refractivity contribution in [1.29, 1.82) is 0 Å². The van der Waals surface area contributed by atoms with Crippen LogP contribution in [0.2, 0.25) is 0 Å². The largest absolute Gasteiger partial charge is 0.333 e. The third-order valence-corrected chi connectivity index (χ3v) is 6.84. The molecule has 0 aliphatic rings. The number of nitro groups is 1. The van der Waals surface area contributed by atoms with Gasteiger partial charge in [0.25, 0.3) is 0 Å². The Kier molecular flexibility index (Phi) is 3.91. The van der Waals surface area contributed by atoms with E-state index in [0.717, 1.165) is 43.1 Å². The summed E-state index contributed by atoms with van der Waals surface area (Å²) < 4.78 is 3.15. The highest BCUT2D eigenvalue weighted by Crippen LogP contribution is 2.45. The summed E-state index contributed by atoms with van der Waals surface area (Å²) in [7, 11) is 0. The average molecular weight is 420 g/mol. The van der Waals surface area contributed by atoms with Crippen molar-refractivity contribution in [2.24, 2.45) is 0 Å². The van der Waals surface area contributed by atoms with E-state index in [9.17, 15) is 10.1 Å². The van der Waals surface area contributed by atoms with Gasteiger partial charge in [-0.3, -0.25) is 10.1 Å². The third kappa shape index (κ3) is 2.67. The van der Waals surface area contributed by atoms with E-state index in [-0.39, 0.29) is 9.92 Å². The van der Waals surface area contributed by atoms with Gasteiger partial charge < -0.3 is 4.57 Å². The zero-order chi connectivity index (χ0) is 20.9. The molecule has 4 aromatic carbocycles. The molecule has 0 aliphatic heterocycles. The molecule has 0 fully saturated rings. The number of hydrogen-bond acceptors (Lipinski definition) is 3. The van der Waals surface area contributed by atoms with Crippen LogP contribution in [0.1, 0.15) is 0 Å². The molecule has 0 radical (unpaired) electrons. The Morgan fingerprint density at radius 2 is 1.39 bits per heavy atom. The fraction of sp³-hybridized carbons (Fsp3) is 0. The van der Waals surface area contributed by atoms with Gasteiger partial charge >= 0.3 is 5.00 Å². The van der Waals surface area contributed by atoms with E-state index in [1.54, 1.807) is 0 Å². The third-order valence-electron chi connectivity index (χ3n) is 5.72. The van der Waals surface area contributed by atoms with Crippen LogP contribution < -0.4 is 0 Å². The van der Waals surface area contributed by atoms with E-state index in [2.05, 4.69) is 41.0 Å². The molecule has 2 aromatic heterocycles. The van der Waals surface area contributed by atoms with Gasteiger partial charge in [0, 0.05) is 26.5 Å². The predicted octanol–water partition coefficient (Wildman–Crippen LogP) is 7.57. The summed E-state index contributed by atoms with van der Waals surface area (Å²) in [6.45, 7) is 0. The molecule has 0 saturated carbocycles. The van der Waals surface area contributed by atoms with Crippen molar-refractivity contribution in [3.8, 4) is 16.8 Å². The van der Waals surface area contributed by atoms with Gasteiger partial charge in [-0.25, -0.2) is 0 Å². The highest BCUT2D eigenvalue weighted by molar-refractivity contribution is 7.22. The minimum Gasteiger partial charge on any atom is -0.309 e. The first kappa shape index (κ1) is 17.9. The molecule has 0 spiro atoms. The van der Waals surface area contributed by atoms with Crippen LogP contribution in [0.5, 0.6) is 0 Å². The summed E-state index contributed by atoms with van der Waals surface area (Å²) in [4.78, 5) is 11.6. The van der Waals surface area contributed by atoms with E-state index in [0.29, 0.717) is 5.56 Å². The van der Waals surface area contributed by atoms with Crippen LogP contribution in [-0.4, -0.2) is 9.49 Å². The molecule has 6 rings (SSSR count). The molecule has 0 N–H and O–H groups in total. The van der Waals surface area contributed by atoms with Gasteiger partial charge in [-0.2, -0.15) is 0 Å². The van der Waals surface area contributed by atoms with Crippen molar-refractivity contribution in [3.05, 3.63) is 107 Å². The number of nitrogens with zero attached hydrogens (tertiary/aromatic N) is 2. The molecule has 5 heteroatoms. The lowest BCUT2D eigenvalue weighted by Crippen LogP contribution is -1.93. The van der Waals surface area contributed by atoms with Crippen LogP contribution in [-0.2, 0) is 0 Å². The summed E-state index contributed by atoms with van der Waals surface area (Å²) in [6, 6.07) is 32.5. The monoisotopic (exact) mass is 420 g/mol. The normalized spacial score (nSPS) is 11.5. The van der Waals surface area contributed by atoms with Crippen molar-refractivity contribution >= 4 is 48.2 Å². The molecule has 148 valence electrons. The molecule has 6 aromatic rings. The fourth-order valence-corrected chi connectivity index (χ4v) is 5.46. The highest BCUT2D eigenvalue weighted by atomic mass is 32.1. The van der Waals surface area contributed by atoms with E-state index in [1.807, 2.05) is 60.7 Å². The van der Waals surface area contributed by atoms with Crippen molar-refractivity contribution < 1.29 is 4.92 Å². The predicted molar refractivity (Wildman–Crippen MR) is 128 cm³/mol. The summed E-state index contributed by atoms with van der Waals surface area (Å²) >= 11 is 1.23. The van der Waals surface area contributed by atoms with Gasteiger partial charge in [-0.1, -0.05) is 78.1 Å². The Morgan fingerprint density at radius 3 is 2.19 bits per heavy atom. The Morgan fingerprint density at radius 1 is 0.710 bits per heavy atom. The maximum absolute atomic E-state index is 11.9. The lowest BCUT2D eigenvalue weighted by atomic mass is 10.0. The molecule has 2 heterocycles. The molecular weight excluding hydrogens is 404 g/mol. The highest BCUT2D eigenvalue weighted by Gasteiger charge is 2.23. The van der Waals surface area contributed by atoms with Crippen molar-refractivity contribution in [3.63, 3.8) is 0 Å². The molecular formula is C26H16N2O2S. The lowest BCUT2D eigenvalue weighted by molar-refractivity contribution is -0.379. The zero-order valence-electron chi connectivity index (χ0n) is 16.4. The lowest BCUT2D eigenvalue weighted by Gasteiger charge is -2.08. The van der Waals surface area contributed by atoms with Gasteiger partial charge in [0.15, 0.2) is 0 Å². The van der Waals surface area contributed by atoms with Gasteiger partial charge in [-0.05, 0) is 35.9 Å². The Bertz CT molecular complexity index is 1610. The van der Waals surface area contributed by atoms with E-state index >= 15 is 0 Å². The molecule has 0 aliphatic carbocycles. The summed E-state index contributed by atoms with van der Waals surface area (Å²) in [6.07, 6.45) is 0. The second-order valence-corrected chi connectivity index (χ2v) is 8.49. The molecule has 0 atom stereocenters. The fourth-order valence-electron chi connectivity index (χ4n) is 4.42. The van der Waals surface area contributed by atoms with Crippen LogP contribution in [0.15, 0.2) is 97.1 Å². The first-order valence-corrected chi connectivity index (χ1v) is 10.8. The minimum absolute atomic E-state index is 0.183. The molecule has 31 heavy (non-hydrogen) atoms. The van der Waals surface area contributed by atoms with Crippen LogP contribution in [0.25, 0.3) is 48.7 Å². The van der Waals surface area contributed by atoms with Gasteiger partial charge in [0.05, 0.1) is 21.5 Å². The summed E-state index contributed by atoms with van der Waals surface area (Å²) in [5, 5.41) is 15.3. The summed E-state index contributed by atoms with van der Waals surface area (Å²) in [5.41, 5.74) is 4.77. The van der Waals surface area contributed by atoms with Crippen LogP contribution in [0.3, 0.4) is 0 Å². The molecule has 0 unspecified atom stereocenters. The Labute approximate surface area is 181 Å². The number of thiophene rings is 1. The Balaban J connectivity index is 1.72. The van der Waals surface area contributed by atoms with Gasteiger partial charge in [0.2, 0.25) is 0 Å². The molecule has 0 amide bonds. The minimum atomic E-state index is -0.267. The van der Waals surface area contributed by atoms with E-state index < -0.39 is 0 Å². The summed E-state index contributed by atoms with van der Waals surface area (Å²) in [5.74, 6) is 0. The maximum atomic E-state index is 11.9. The standard InChI is InChI=1S/C26H16N2O2S/c29-28(30)26-25(21-11-5-7-13-24(21)31-26)17-14-15-20-19-10-4-6-12-22(19)27(23(20)16-17)18-8-2-1-3-9-18/h1-16H. The first-order valence-electron chi connectivity index (χ1n) is 9.97. The number of para-hydroxylation sites is 2. The quantitative estimate of drug-likeness (QED) is 0.219. The van der Waals surface area contributed by atoms with Crippen LogP contribution in [0, 0.1) is 10.1 Å². The van der Waals surface area contributed by atoms with Crippen LogP contribution >= 0.6 is 11.3 Å². The Hall–Kier alpha value is -3.96. The van der Waals surface area contributed by atoms with E-state index in [4.69, 9.17) is 0 Å². The number of fused-ring (bicyclic) bond motifs is 4. The molecule has 0 bridgehead atoms. The average Bonchev–Trinajstić information content (AvgIpc) is 3.35. The topological polar surface area (TPSA) is 48.1 Å². The smallest absolute Gasteiger partial charge is 0.309 e.